The molecule has 0 aliphatic carbocycles. The molecule has 0 amide bonds. The van der Waals surface area contributed by atoms with E-state index in [0.29, 0.717) is 16.5 Å². The molecule has 3 aromatic rings. The third-order valence-corrected chi connectivity index (χ3v) is 4.02. The van der Waals surface area contributed by atoms with Crippen LogP contribution < -0.4 is 5.73 Å². The Balaban J connectivity index is 2.02. The zero-order valence-corrected chi connectivity index (χ0v) is 11.8. The monoisotopic (exact) mass is 302 g/mol. The molecule has 0 atom stereocenters. The molecule has 106 valence electrons. The highest BCUT2D eigenvalue weighted by Gasteiger charge is 2.08. The van der Waals surface area contributed by atoms with Crippen LogP contribution >= 0.6 is 11.8 Å². The minimum Gasteiger partial charge on any atom is -0.326 e. The van der Waals surface area contributed by atoms with Crippen molar-refractivity contribution in [1.82, 2.24) is 4.98 Å². The van der Waals surface area contributed by atoms with Crippen LogP contribution in [0.5, 0.6) is 0 Å². The molecule has 1 aromatic heterocycles. The SMILES string of the molecule is NCc1cc(Sc2ccc(F)c(F)c2)nc2ccccc12. The van der Waals surface area contributed by atoms with Gasteiger partial charge in [0.05, 0.1) is 5.52 Å². The van der Waals surface area contributed by atoms with Gasteiger partial charge in [-0.2, -0.15) is 0 Å². The summed E-state index contributed by atoms with van der Waals surface area (Å²) < 4.78 is 26.2. The molecule has 21 heavy (non-hydrogen) atoms. The van der Waals surface area contributed by atoms with Gasteiger partial charge >= 0.3 is 0 Å². The summed E-state index contributed by atoms with van der Waals surface area (Å²) >= 11 is 1.28. The van der Waals surface area contributed by atoms with Crippen LogP contribution in [0.1, 0.15) is 5.56 Å². The second-order valence-corrected chi connectivity index (χ2v) is 5.61. The fourth-order valence-electron chi connectivity index (χ4n) is 2.10. The van der Waals surface area contributed by atoms with E-state index in [9.17, 15) is 8.78 Å². The zero-order chi connectivity index (χ0) is 14.8. The van der Waals surface area contributed by atoms with Gasteiger partial charge in [-0.05, 0) is 35.9 Å². The predicted molar refractivity (Wildman–Crippen MR) is 80.1 cm³/mol. The normalized spacial score (nSPS) is 11.0. The largest absolute Gasteiger partial charge is 0.326 e. The smallest absolute Gasteiger partial charge is 0.159 e. The van der Waals surface area contributed by atoms with Gasteiger partial charge in [-0.15, -0.1) is 0 Å². The van der Waals surface area contributed by atoms with Crippen LogP contribution in [0.2, 0.25) is 0 Å². The number of para-hydroxylation sites is 1. The Hall–Kier alpha value is -1.98. The topological polar surface area (TPSA) is 38.9 Å². The van der Waals surface area contributed by atoms with Crippen molar-refractivity contribution in [3.05, 3.63) is 65.7 Å². The Kier molecular flexibility index (Phi) is 3.86. The molecule has 0 unspecified atom stereocenters. The highest BCUT2D eigenvalue weighted by atomic mass is 32.2. The minimum absolute atomic E-state index is 0.397. The van der Waals surface area contributed by atoms with Crippen molar-refractivity contribution in [1.29, 1.82) is 0 Å². The first-order valence-electron chi connectivity index (χ1n) is 6.39. The maximum atomic E-state index is 13.3. The third-order valence-electron chi connectivity index (χ3n) is 3.11. The van der Waals surface area contributed by atoms with Crippen LogP contribution in [-0.4, -0.2) is 4.98 Å². The van der Waals surface area contributed by atoms with Crippen LogP contribution in [-0.2, 0) is 6.54 Å². The number of hydrogen-bond acceptors (Lipinski definition) is 3. The molecule has 0 aliphatic heterocycles. The summed E-state index contributed by atoms with van der Waals surface area (Å²) in [7, 11) is 0. The second-order valence-electron chi connectivity index (χ2n) is 4.52. The predicted octanol–water partition coefficient (Wildman–Crippen LogP) is 4.12. The summed E-state index contributed by atoms with van der Waals surface area (Å²) in [5.74, 6) is -1.71. The molecule has 1 heterocycles. The third kappa shape index (κ3) is 2.89. The highest BCUT2D eigenvalue weighted by molar-refractivity contribution is 7.99. The van der Waals surface area contributed by atoms with E-state index in [4.69, 9.17) is 5.73 Å². The number of hydrogen-bond donors (Lipinski definition) is 1. The van der Waals surface area contributed by atoms with Crippen molar-refractivity contribution in [3.8, 4) is 0 Å². The van der Waals surface area contributed by atoms with Crippen molar-refractivity contribution in [3.63, 3.8) is 0 Å². The van der Waals surface area contributed by atoms with Crippen molar-refractivity contribution in [2.75, 3.05) is 0 Å². The zero-order valence-electron chi connectivity index (χ0n) is 11.0. The van der Waals surface area contributed by atoms with Crippen LogP contribution in [0, 0.1) is 11.6 Å². The Morgan fingerprint density at radius 3 is 2.57 bits per heavy atom. The average Bonchev–Trinajstić information content (AvgIpc) is 2.50. The van der Waals surface area contributed by atoms with Crippen LogP contribution in [0.3, 0.4) is 0 Å². The number of nitrogens with zero attached hydrogens (tertiary/aromatic N) is 1. The summed E-state index contributed by atoms with van der Waals surface area (Å²) in [6, 6.07) is 13.4. The van der Waals surface area contributed by atoms with Gasteiger partial charge in [0, 0.05) is 16.8 Å². The summed E-state index contributed by atoms with van der Waals surface area (Å²) in [5, 5.41) is 1.72. The number of benzene rings is 2. The molecule has 0 bridgehead atoms. The van der Waals surface area contributed by atoms with Gasteiger partial charge < -0.3 is 5.73 Å². The van der Waals surface area contributed by atoms with Crippen LogP contribution in [0.25, 0.3) is 10.9 Å². The Morgan fingerprint density at radius 2 is 1.81 bits per heavy atom. The van der Waals surface area contributed by atoms with Gasteiger partial charge in [-0.1, -0.05) is 30.0 Å². The van der Waals surface area contributed by atoms with E-state index in [2.05, 4.69) is 4.98 Å². The molecule has 0 aliphatic rings. The fraction of sp³-hybridized carbons (Fsp3) is 0.0625. The fourth-order valence-corrected chi connectivity index (χ4v) is 2.99. The van der Waals surface area contributed by atoms with E-state index in [0.717, 1.165) is 22.5 Å². The summed E-state index contributed by atoms with van der Waals surface area (Å²) in [6.07, 6.45) is 0. The van der Waals surface area contributed by atoms with E-state index < -0.39 is 11.6 Å². The molecular weight excluding hydrogens is 290 g/mol. The molecule has 0 saturated heterocycles. The quantitative estimate of drug-likeness (QED) is 0.791. The molecule has 0 fully saturated rings. The molecule has 5 heteroatoms. The molecule has 2 N–H and O–H groups in total. The van der Waals surface area contributed by atoms with Crippen molar-refractivity contribution >= 4 is 22.7 Å². The van der Waals surface area contributed by atoms with Gasteiger partial charge in [-0.25, -0.2) is 13.8 Å². The second kappa shape index (κ2) is 5.79. The maximum absolute atomic E-state index is 13.3. The first-order chi connectivity index (χ1) is 10.2. The number of fused-ring (bicyclic) bond motifs is 1. The van der Waals surface area contributed by atoms with E-state index in [1.165, 1.54) is 23.9 Å². The Bertz CT molecular complexity index is 805. The standard InChI is InChI=1S/C16H12F2N2S/c17-13-6-5-11(8-14(13)18)21-16-7-10(9-19)12-3-1-2-4-15(12)20-16/h1-8H,9,19H2. The van der Waals surface area contributed by atoms with Gasteiger partial charge in [0.15, 0.2) is 11.6 Å². The number of rotatable bonds is 3. The number of nitrogens with two attached hydrogens (primary N) is 1. The van der Waals surface area contributed by atoms with Crippen molar-refractivity contribution in [2.24, 2.45) is 5.73 Å². The molecule has 0 saturated carbocycles. The molecule has 3 rings (SSSR count). The van der Waals surface area contributed by atoms with Crippen molar-refractivity contribution in [2.45, 2.75) is 16.5 Å². The lowest BCUT2D eigenvalue weighted by atomic mass is 10.1. The van der Waals surface area contributed by atoms with Gasteiger partial charge in [0.1, 0.15) is 5.03 Å². The van der Waals surface area contributed by atoms with Crippen molar-refractivity contribution < 1.29 is 8.78 Å². The van der Waals surface area contributed by atoms with E-state index >= 15 is 0 Å². The summed E-state index contributed by atoms with van der Waals surface area (Å²) in [4.78, 5) is 5.12. The van der Waals surface area contributed by atoms with E-state index in [-0.39, 0.29) is 0 Å². The molecule has 0 spiro atoms. The number of pyridine rings is 1. The molecular formula is C16H12F2N2S. The number of halogens is 2. The minimum atomic E-state index is -0.861. The number of aromatic nitrogens is 1. The lowest BCUT2D eigenvalue weighted by Gasteiger charge is -2.08. The molecule has 2 nitrogen and oxygen atoms in total. The van der Waals surface area contributed by atoms with Gasteiger partial charge in [0.2, 0.25) is 0 Å². The lowest BCUT2D eigenvalue weighted by Crippen LogP contribution is -1.99. The molecule has 0 radical (unpaired) electrons. The van der Waals surface area contributed by atoms with E-state index in [1.807, 2.05) is 30.3 Å². The van der Waals surface area contributed by atoms with Gasteiger partial charge in [0.25, 0.3) is 0 Å². The Labute approximate surface area is 125 Å². The van der Waals surface area contributed by atoms with Crippen LogP contribution in [0.15, 0.2) is 58.5 Å². The lowest BCUT2D eigenvalue weighted by molar-refractivity contribution is 0.506. The van der Waals surface area contributed by atoms with Crippen LogP contribution in [0.4, 0.5) is 8.78 Å². The summed E-state index contributed by atoms with van der Waals surface area (Å²) in [6.45, 7) is 0.397. The van der Waals surface area contributed by atoms with Gasteiger partial charge in [-0.3, -0.25) is 0 Å². The molecule has 2 aromatic carbocycles. The first-order valence-corrected chi connectivity index (χ1v) is 7.20. The Morgan fingerprint density at radius 1 is 1.00 bits per heavy atom. The average molecular weight is 302 g/mol. The highest BCUT2D eigenvalue weighted by Crippen LogP contribution is 2.30. The first kappa shape index (κ1) is 14.0. The summed E-state index contributed by atoms with van der Waals surface area (Å²) in [5.41, 5.74) is 7.59. The maximum Gasteiger partial charge on any atom is 0.159 e. The van der Waals surface area contributed by atoms with E-state index in [1.54, 1.807) is 0 Å².